The van der Waals surface area contributed by atoms with Crippen LogP contribution in [0.3, 0.4) is 0 Å². The van der Waals surface area contributed by atoms with E-state index in [0.29, 0.717) is 16.3 Å². The Morgan fingerprint density at radius 1 is 1.17 bits per heavy atom. The number of rotatable bonds is 5. The molecule has 2 aromatic rings. The van der Waals surface area contributed by atoms with Crippen LogP contribution in [0.5, 0.6) is 11.5 Å². The SMILES string of the molecule is CCc1cc(C)c(OCc2c(Cl)cccc2OC(=O)SC)cc1C. The number of hydrogen-bond donors (Lipinski definition) is 0. The molecule has 0 amide bonds. The number of carbonyl (C=O) groups excluding carboxylic acids is 1. The zero-order valence-corrected chi connectivity index (χ0v) is 15.9. The van der Waals surface area contributed by atoms with Crippen molar-refractivity contribution in [3.63, 3.8) is 0 Å². The minimum atomic E-state index is -0.377. The summed E-state index contributed by atoms with van der Waals surface area (Å²) in [7, 11) is 0. The molecule has 0 aromatic heterocycles. The summed E-state index contributed by atoms with van der Waals surface area (Å²) in [5, 5.41) is 0.138. The molecule has 0 saturated carbocycles. The largest absolute Gasteiger partial charge is 0.488 e. The molecule has 0 N–H and O–H groups in total. The van der Waals surface area contributed by atoms with Crippen molar-refractivity contribution >= 4 is 28.7 Å². The van der Waals surface area contributed by atoms with E-state index in [1.165, 1.54) is 11.1 Å². The highest BCUT2D eigenvalue weighted by atomic mass is 35.5. The number of ether oxygens (including phenoxy) is 2. The Kier molecular flexibility index (Phi) is 6.58. The van der Waals surface area contributed by atoms with E-state index >= 15 is 0 Å². The molecule has 0 aliphatic rings. The monoisotopic (exact) mass is 364 g/mol. The first kappa shape index (κ1) is 18.7. The van der Waals surface area contributed by atoms with Crippen LogP contribution in [-0.4, -0.2) is 11.6 Å². The maximum absolute atomic E-state index is 11.5. The van der Waals surface area contributed by atoms with Crippen molar-refractivity contribution in [2.24, 2.45) is 0 Å². The summed E-state index contributed by atoms with van der Waals surface area (Å²) in [5.74, 6) is 1.24. The zero-order valence-electron chi connectivity index (χ0n) is 14.3. The van der Waals surface area contributed by atoms with Gasteiger partial charge in [-0.2, -0.15) is 0 Å². The lowest BCUT2D eigenvalue weighted by Crippen LogP contribution is -2.06. The van der Waals surface area contributed by atoms with Gasteiger partial charge >= 0.3 is 5.30 Å². The molecule has 2 aromatic carbocycles. The third kappa shape index (κ3) is 4.46. The van der Waals surface area contributed by atoms with Gasteiger partial charge in [0.1, 0.15) is 18.1 Å². The van der Waals surface area contributed by atoms with Crippen molar-refractivity contribution in [3.8, 4) is 11.5 Å². The molecule has 0 fully saturated rings. The second-order valence-electron chi connectivity index (χ2n) is 5.46. The maximum atomic E-state index is 11.5. The summed E-state index contributed by atoms with van der Waals surface area (Å²) in [6, 6.07) is 9.41. The summed E-state index contributed by atoms with van der Waals surface area (Å²) in [5.41, 5.74) is 4.25. The molecule has 0 radical (unpaired) electrons. The summed E-state index contributed by atoms with van der Waals surface area (Å²) in [6.45, 7) is 6.47. The van der Waals surface area contributed by atoms with E-state index in [4.69, 9.17) is 21.1 Å². The van der Waals surface area contributed by atoms with Crippen LogP contribution in [0.4, 0.5) is 4.79 Å². The van der Waals surface area contributed by atoms with Crippen LogP contribution in [-0.2, 0) is 13.0 Å². The quantitative estimate of drug-likeness (QED) is 0.613. The second-order valence-corrected chi connectivity index (χ2v) is 6.61. The van der Waals surface area contributed by atoms with Gasteiger partial charge < -0.3 is 9.47 Å². The van der Waals surface area contributed by atoms with Gasteiger partial charge in [-0.3, -0.25) is 0 Å². The number of thioether (sulfide) groups is 1. The molecule has 2 rings (SSSR count). The van der Waals surface area contributed by atoms with Crippen molar-refractivity contribution in [3.05, 3.63) is 57.6 Å². The third-order valence-corrected chi connectivity index (χ3v) is 4.59. The molecule has 0 unspecified atom stereocenters. The smallest absolute Gasteiger partial charge is 0.372 e. The maximum Gasteiger partial charge on any atom is 0.372 e. The van der Waals surface area contributed by atoms with Crippen molar-refractivity contribution in [2.75, 3.05) is 6.26 Å². The summed E-state index contributed by atoms with van der Waals surface area (Å²) < 4.78 is 11.3. The molecule has 0 bridgehead atoms. The van der Waals surface area contributed by atoms with E-state index in [1.54, 1.807) is 24.5 Å². The fraction of sp³-hybridized carbons (Fsp3) is 0.316. The molecule has 0 atom stereocenters. The van der Waals surface area contributed by atoms with E-state index in [2.05, 4.69) is 19.9 Å². The lowest BCUT2D eigenvalue weighted by atomic mass is 10.0. The van der Waals surface area contributed by atoms with E-state index in [0.717, 1.165) is 29.5 Å². The molecule has 0 saturated heterocycles. The van der Waals surface area contributed by atoms with Crippen LogP contribution in [0.15, 0.2) is 30.3 Å². The van der Waals surface area contributed by atoms with Crippen molar-refractivity contribution in [1.82, 2.24) is 0 Å². The fourth-order valence-electron chi connectivity index (χ4n) is 2.44. The molecule has 5 heteroatoms. The van der Waals surface area contributed by atoms with E-state index < -0.39 is 0 Å². The van der Waals surface area contributed by atoms with Crippen LogP contribution >= 0.6 is 23.4 Å². The topological polar surface area (TPSA) is 35.5 Å². The molecule has 0 aliphatic carbocycles. The van der Waals surface area contributed by atoms with Crippen molar-refractivity contribution in [2.45, 2.75) is 33.8 Å². The van der Waals surface area contributed by atoms with Crippen LogP contribution < -0.4 is 9.47 Å². The van der Waals surface area contributed by atoms with E-state index in [1.807, 2.05) is 13.0 Å². The van der Waals surface area contributed by atoms with Gasteiger partial charge in [0.25, 0.3) is 0 Å². The minimum Gasteiger partial charge on any atom is -0.488 e. The lowest BCUT2D eigenvalue weighted by Gasteiger charge is -2.15. The van der Waals surface area contributed by atoms with Crippen LogP contribution in [0.25, 0.3) is 0 Å². The Hall–Kier alpha value is -1.65. The second kappa shape index (κ2) is 8.45. The Morgan fingerprint density at radius 2 is 1.92 bits per heavy atom. The van der Waals surface area contributed by atoms with Gasteiger partial charge in [0.05, 0.1) is 10.6 Å². The van der Waals surface area contributed by atoms with Crippen LogP contribution in [0, 0.1) is 13.8 Å². The van der Waals surface area contributed by atoms with E-state index in [-0.39, 0.29) is 11.9 Å². The summed E-state index contributed by atoms with van der Waals surface area (Å²) in [6.07, 6.45) is 2.66. The highest BCUT2D eigenvalue weighted by molar-refractivity contribution is 8.12. The molecular formula is C19H21ClO3S. The molecule has 24 heavy (non-hydrogen) atoms. The van der Waals surface area contributed by atoms with Gasteiger partial charge in [0.2, 0.25) is 0 Å². The molecule has 0 spiro atoms. The molecule has 128 valence electrons. The average molecular weight is 365 g/mol. The van der Waals surface area contributed by atoms with Gasteiger partial charge in [-0.1, -0.05) is 30.7 Å². The average Bonchev–Trinajstić information content (AvgIpc) is 2.56. The van der Waals surface area contributed by atoms with Gasteiger partial charge in [0.15, 0.2) is 0 Å². The lowest BCUT2D eigenvalue weighted by molar-refractivity contribution is 0.225. The fourth-order valence-corrected chi connectivity index (χ4v) is 2.84. The van der Waals surface area contributed by atoms with Gasteiger partial charge in [-0.05, 0) is 73.2 Å². The predicted molar refractivity (Wildman–Crippen MR) is 101 cm³/mol. The Morgan fingerprint density at radius 3 is 2.58 bits per heavy atom. The third-order valence-electron chi connectivity index (χ3n) is 3.82. The van der Waals surface area contributed by atoms with Crippen molar-refractivity contribution < 1.29 is 14.3 Å². The van der Waals surface area contributed by atoms with E-state index in [9.17, 15) is 4.79 Å². The summed E-state index contributed by atoms with van der Waals surface area (Å²) >= 11 is 7.28. The highest BCUT2D eigenvalue weighted by Crippen LogP contribution is 2.30. The van der Waals surface area contributed by atoms with Crippen molar-refractivity contribution in [1.29, 1.82) is 0 Å². The number of benzene rings is 2. The first-order valence-corrected chi connectivity index (χ1v) is 9.32. The van der Waals surface area contributed by atoms with Gasteiger partial charge in [-0.25, -0.2) is 4.79 Å². The molecule has 0 aliphatic heterocycles. The summed E-state index contributed by atoms with van der Waals surface area (Å²) in [4.78, 5) is 11.5. The Bertz CT molecular complexity index is 744. The normalized spacial score (nSPS) is 10.5. The standard InChI is InChI=1S/C19H21ClO3S/c1-5-14-9-13(3)18(10-12(14)2)22-11-15-16(20)7-6-8-17(15)23-19(21)24-4/h6-10H,5,11H2,1-4H3. The van der Waals surface area contributed by atoms with Gasteiger partial charge in [-0.15, -0.1) is 0 Å². The first-order chi connectivity index (χ1) is 11.5. The molecule has 0 heterocycles. The number of carbonyl (C=O) groups is 1. The number of halogens is 1. The Labute approximate surface area is 152 Å². The Balaban J connectivity index is 2.23. The van der Waals surface area contributed by atoms with Crippen LogP contribution in [0.2, 0.25) is 5.02 Å². The zero-order chi connectivity index (χ0) is 17.7. The highest BCUT2D eigenvalue weighted by Gasteiger charge is 2.13. The molecular weight excluding hydrogens is 344 g/mol. The minimum absolute atomic E-state index is 0.239. The van der Waals surface area contributed by atoms with Gasteiger partial charge in [0, 0.05) is 0 Å². The molecule has 3 nitrogen and oxygen atoms in total. The first-order valence-electron chi connectivity index (χ1n) is 7.72. The predicted octanol–water partition coefficient (Wildman–Crippen LogP) is 5.96. The van der Waals surface area contributed by atoms with Crippen LogP contribution in [0.1, 0.15) is 29.2 Å². The number of aryl methyl sites for hydroxylation is 3. The number of hydrogen-bond acceptors (Lipinski definition) is 4.